The van der Waals surface area contributed by atoms with E-state index in [1.54, 1.807) is 0 Å². The van der Waals surface area contributed by atoms with Crippen molar-refractivity contribution >= 4 is 45.0 Å². The number of anilines is 1. The van der Waals surface area contributed by atoms with Gasteiger partial charge in [-0.05, 0) is 31.2 Å². The molecule has 0 radical (unpaired) electrons. The number of thiazole rings is 1. The van der Waals surface area contributed by atoms with Crippen molar-refractivity contribution in [3.8, 4) is 11.3 Å². The summed E-state index contributed by atoms with van der Waals surface area (Å²) in [6.07, 6.45) is 1.47. The van der Waals surface area contributed by atoms with Gasteiger partial charge in [-0.2, -0.15) is 0 Å². The first-order valence-corrected chi connectivity index (χ1v) is 9.06. The highest BCUT2D eigenvalue weighted by molar-refractivity contribution is 7.16. The van der Waals surface area contributed by atoms with Crippen LogP contribution in [-0.4, -0.2) is 20.9 Å². The lowest BCUT2D eigenvalue weighted by Crippen LogP contribution is -2.14. The third-order valence-electron chi connectivity index (χ3n) is 3.82. The van der Waals surface area contributed by atoms with Crippen LogP contribution in [0.1, 0.15) is 15.4 Å². The number of carbonyl (C=O) groups is 1. The van der Waals surface area contributed by atoms with E-state index in [0.717, 1.165) is 21.7 Å². The average Bonchev–Trinajstić information content (AvgIpc) is 3.02. The van der Waals surface area contributed by atoms with Crippen LogP contribution in [0, 0.1) is 6.92 Å². The Morgan fingerprint density at radius 1 is 1.04 bits per heavy atom. The van der Waals surface area contributed by atoms with Crippen molar-refractivity contribution in [3.05, 3.63) is 70.3 Å². The number of aryl methyl sites for hydroxylation is 1. The molecule has 0 fully saturated rings. The zero-order valence-electron chi connectivity index (χ0n) is 13.7. The van der Waals surface area contributed by atoms with E-state index >= 15 is 0 Å². The van der Waals surface area contributed by atoms with Gasteiger partial charge in [0.15, 0.2) is 5.13 Å². The second-order valence-corrected chi connectivity index (χ2v) is 7.27. The molecule has 4 rings (SSSR count). The van der Waals surface area contributed by atoms with Gasteiger partial charge in [-0.1, -0.05) is 35.9 Å². The standard InChI is InChI=1S/C19H13ClN4OS/c1-11-17(12-6-8-13(20)9-7-12)23-19(26-11)24-18(25)16-10-21-14-4-2-3-5-15(14)22-16/h2-10H,1H3,(H,23,24,25). The maximum absolute atomic E-state index is 12.5. The van der Waals surface area contributed by atoms with Crippen molar-refractivity contribution in [3.63, 3.8) is 0 Å². The summed E-state index contributed by atoms with van der Waals surface area (Å²) in [6.45, 7) is 1.97. The third kappa shape index (κ3) is 3.29. The summed E-state index contributed by atoms with van der Waals surface area (Å²) < 4.78 is 0. The molecule has 0 spiro atoms. The maximum atomic E-state index is 12.5. The summed E-state index contributed by atoms with van der Waals surface area (Å²) in [5.41, 5.74) is 3.46. The highest BCUT2D eigenvalue weighted by Gasteiger charge is 2.14. The molecule has 7 heteroatoms. The van der Waals surface area contributed by atoms with Gasteiger partial charge in [0, 0.05) is 15.5 Å². The van der Waals surface area contributed by atoms with Gasteiger partial charge in [-0.3, -0.25) is 15.1 Å². The number of nitrogens with one attached hydrogen (secondary N) is 1. The molecule has 128 valence electrons. The number of para-hydroxylation sites is 2. The Morgan fingerprint density at radius 3 is 2.54 bits per heavy atom. The zero-order chi connectivity index (χ0) is 18.1. The Morgan fingerprint density at radius 2 is 1.77 bits per heavy atom. The van der Waals surface area contributed by atoms with Crippen LogP contribution in [0.15, 0.2) is 54.7 Å². The van der Waals surface area contributed by atoms with Gasteiger partial charge in [0.25, 0.3) is 5.91 Å². The molecule has 0 aliphatic carbocycles. The van der Waals surface area contributed by atoms with Gasteiger partial charge in [-0.15, -0.1) is 11.3 Å². The summed E-state index contributed by atoms with van der Waals surface area (Å²) in [6, 6.07) is 14.9. The predicted octanol–water partition coefficient (Wildman–Crippen LogP) is 4.97. The number of hydrogen-bond acceptors (Lipinski definition) is 5. The number of amides is 1. The number of fused-ring (bicyclic) bond motifs is 1. The molecule has 2 heterocycles. The number of aromatic nitrogens is 3. The lowest BCUT2D eigenvalue weighted by Gasteiger charge is -2.02. The Kier molecular flexibility index (Phi) is 4.36. The number of benzene rings is 2. The van der Waals surface area contributed by atoms with Crippen LogP contribution in [-0.2, 0) is 0 Å². The van der Waals surface area contributed by atoms with E-state index in [-0.39, 0.29) is 11.6 Å². The molecule has 1 N–H and O–H groups in total. The summed E-state index contributed by atoms with van der Waals surface area (Å²) >= 11 is 7.35. The molecule has 5 nitrogen and oxygen atoms in total. The first kappa shape index (κ1) is 16.6. The van der Waals surface area contributed by atoms with Crippen LogP contribution in [0.4, 0.5) is 5.13 Å². The fourth-order valence-corrected chi connectivity index (χ4v) is 3.51. The molecule has 0 saturated heterocycles. The quantitative estimate of drug-likeness (QED) is 0.545. The van der Waals surface area contributed by atoms with E-state index in [4.69, 9.17) is 11.6 Å². The van der Waals surface area contributed by atoms with Crippen LogP contribution in [0.2, 0.25) is 5.02 Å². The normalized spacial score (nSPS) is 10.8. The van der Waals surface area contributed by atoms with E-state index in [9.17, 15) is 4.79 Å². The summed E-state index contributed by atoms with van der Waals surface area (Å²) in [5.74, 6) is -0.334. The molecule has 0 unspecified atom stereocenters. The number of carbonyl (C=O) groups excluding carboxylic acids is 1. The Bertz CT molecular complexity index is 1110. The monoisotopic (exact) mass is 380 g/mol. The van der Waals surface area contributed by atoms with Crippen molar-refractivity contribution in [2.45, 2.75) is 6.92 Å². The number of halogens is 1. The van der Waals surface area contributed by atoms with Crippen molar-refractivity contribution in [2.24, 2.45) is 0 Å². The molecule has 0 aliphatic rings. The second-order valence-electron chi connectivity index (χ2n) is 5.63. The fraction of sp³-hybridized carbons (Fsp3) is 0.0526. The van der Waals surface area contributed by atoms with E-state index in [2.05, 4.69) is 20.3 Å². The van der Waals surface area contributed by atoms with E-state index in [0.29, 0.717) is 15.7 Å². The van der Waals surface area contributed by atoms with Crippen LogP contribution in [0.3, 0.4) is 0 Å². The van der Waals surface area contributed by atoms with Crippen LogP contribution in [0.5, 0.6) is 0 Å². The molecule has 0 aliphatic heterocycles. The Hall–Kier alpha value is -2.83. The fourth-order valence-electron chi connectivity index (χ4n) is 2.55. The minimum Gasteiger partial charge on any atom is -0.296 e. The molecule has 0 bridgehead atoms. The molecular weight excluding hydrogens is 368 g/mol. The van der Waals surface area contributed by atoms with E-state index in [1.807, 2.05) is 55.5 Å². The predicted molar refractivity (Wildman–Crippen MR) is 105 cm³/mol. The van der Waals surface area contributed by atoms with Gasteiger partial charge in [0.1, 0.15) is 5.69 Å². The Labute approximate surface area is 158 Å². The number of hydrogen-bond donors (Lipinski definition) is 1. The minimum atomic E-state index is -0.334. The summed E-state index contributed by atoms with van der Waals surface area (Å²) in [7, 11) is 0. The molecular formula is C19H13ClN4OS. The number of nitrogens with zero attached hydrogens (tertiary/aromatic N) is 3. The van der Waals surface area contributed by atoms with Crippen molar-refractivity contribution in [2.75, 3.05) is 5.32 Å². The molecule has 0 saturated carbocycles. The topological polar surface area (TPSA) is 67.8 Å². The lowest BCUT2D eigenvalue weighted by atomic mass is 10.1. The lowest BCUT2D eigenvalue weighted by molar-refractivity contribution is 0.102. The largest absolute Gasteiger partial charge is 0.296 e. The highest BCUT2D eigenvalue weighted by Crippen LogP contribution is 2.31. The van der Waals surface area contributed by atoms with Crippen molar-refractivity contribution < 1.29 is 4.79 Å². The molecule has 4 aromatic rings. The van der Waals surface area contributed by atoms with Crippen LogP contribution >= 0.6 is 22.9 Å². The third-order valence-corrected chi connectivity index (χ3v) is 4.95. The molecule has 1 amide bonds. The summed E-state index contributed by atoms with van der Waals surface area (Å²) in [5, 5.41) is 4.00. The average molecular weight is 381 g/mol. The van der Waals surface area contributed by atoms with Crippen LogP contribution < -0.4 is 5.32 Å². The summed E-state index contributed by atoms with van der Waals surface area (Å²) in [4.78, 5) is 26.7. The molecule has 0 atom stereocenters. The van der Waals surface area contributed by atoms with Gasteiger partial charge < -0.3 is 0 Å². The van der Waals surface area contributed by atoms with E-state index < -0.39 is 0 Å². The molecule has 26 heavy (non-hydrogen) atoms. The van der Waals surface area contributed by atoms with Gasteiger partial charge >= 0.3 is 0 Å². The smallest absolute Gasteiger partial charge is 0.277 e. The Balaban J connectivity index is 1.59. The zero-order valence-corrected chi connectivity index (χ0v) is 15.3. The van der Waals surface area contributed by atoms with Gasteiger partial charge in [-0.25, -0.2) is 9.97 Å². The van der Waals surface area contributed by atoms with Crippen molar-refractivity contribution in [1.29, 1.82) is 0 Å². The van der Waals surface area contributed by atoms with Gasteiger partial charge in [0.2, 0.25) is 0 Å². The molecule has 2 aromatic carbocycles. The SMILES string of the molecule is Cc1sc(NC(=O)c2cnc3ccccc3n2)nc1-c1ccc(Cl)cc1. The first-order valence-electron chi connectivity index (χ1n) is 7.86. The number of rotatable bonds is 3. The van der Waals surface area contributed by atoms with Crippen molar-refractivity contribution in [1.82, 2.24) is 15.0 Å². The van der Waals surface area contributed by atoms with Gasteiger partial charge in [0.05, 0.1) is 22.9 Å². The first-order chi connectivity index (χ1) is 12.6. The minimum absolute atomic E-state index is 0.254. The highest BCUT2D eigenvalue weighted by atomic mass is 35.5. The molecule has 2 aromatic heterocycles. The second kappa shape index (κ2) is 6.82. The maximum Gasteiger partial charge on any atom is 0.277 e. The van der Waals surface area contributed by atoms with E-state index in [1.165, 1.54) is 17.5 Å². The van der Waals surface area contributed by atoms with Crippen LogP contribution in [0.25, 0.3) is 22.3 Å².